The number of hydrogen-bond donors (Lipinski definition) is 0. The van der Waals surface area contributed by atoms with Gasteiger partial charge in [-0.1, -0.05) is 30.7 Å². The highest BCUT2D eigenvalue weighted by molar-refractivity contribution is 6.34. The van der Waals surface area contributed by atoms with Crippen LogP contribution in [0.3, 0.4) is 0 Å². The standard InChI is InChI=1S/C20H20ClN3O4/c1-2-14-3-5-15(6-4-14)19(25)22-9-11-23(12-10-22)20(26)17-8-7-16(24(27)28)13-18(17)21/h3-8,13H,2,9-12H2,1H3. The Morgan fingerprint density at radius 2 is 1.57 bits per heavy atom. The molecule has 2 aromatic rings. The Morgan fingerprint density at radius 1 is 1.00 bits per heavy atom. The summed E-state index contributed by atoms with van der Waals surface area (Å²) in [6.07, 6.45) is 0.917. The van der Waals surface area contributed by atoms with E-state index < -0.39 is 4.92 Å². The molecule has 146 valence electrons. The lowest BCUT2D eigenvalue weighted by Crippen LogP contribution is -2.50. The molecule has 0 aromatic heterocycles. The van der Waals surface area contributed by atoms with Crippen LogP contribution in [0.25, 0.3) is 0 Å². The van der Waals surface area contributed by atoms with Gasteiger partial charge in [0.2, 0.25) is 0 Å². The first-order chi connectivity index (χ1) is 13.4. The van der Waals surface area contributed by atoms with Crippen molar-refractivity contribution < 1.29 is 14.5 Å². The van der Waals surface area contributed by atoms with Crippen molar-refractivity contribution in [1.29, 1.82) is 0 Å². The monoisotopic (exact) mass is 401 g/mol. The van der Waals surface area contributed by atoms with Crippen molar-refractivity contribution in [3.8, 4) is 0 Å². The number of nitrogens with zero attached hydrogens (tertiary/aromatic N) is 3. The Bertz CT molecular complexity index is 906. The number of aryl methyl sites for hydroxylation is 1. The van der Waals surface area contributed by atoms with E-state index in [0.29, 0.717) is 31.7 Å². The Kier molecular flexibility index (Phi) is 5.94. The second-order valence-electron chi connectivity index (χ2n) is 6.56. The maximum atomic E-state index is 12.7. The van der Waals surface area contributed by atoms with Crippen LogP contribution in [0.4, 0.5) is 5.69 Å². The molecule has 28 heavy (non-hydrogen) atoms. The van der Waals surface area contributed by atoms with Crippen molar-refractivity contribution in [2.75, 3.05) is 26.2 Å². The van der Waals surface area contributed by atoms with E-state index in [-0.39, 0.29) is 28.1 Å². The molecule has 1 heterocycles. The van der Waals surface area contributed by atoms with E-state index in [4.69, 9.17) is 11.6 Å². The summed E-state index contributed by atoms with van der Waals surface area (Å²) in [7, 11) is 0. The molecule has 0 saturated carbocycles. The number of hydrogen-bond acceptors (Lipinski definition) is 4. The molecule has 7 nitrogen and oxygen atoms in total. The van der Waals surface area contributed by atoms with Crippen molar-refractivity contribution in [2.45, 2.75) is 13.3 Å². The first-order valence-corrected chi connectivity index (χ1v) is 9.40. The highest BCUT2D eigenvalue weighted by Gasteiger charge is 2.27. The van der Waals surface area contributed by atoms with Crippen LogP contribution in [-0.2, 0) is 6.42 Å². The molecule has 2 aromatic carbocycles. The summed E-state index contributed by atoms with van der Waals surface area (Å²) in [4.78, 5) is 38.9. The molecule has 0 atom stereocenters. The highest BCUT2D eigenvalue weighted by atomic mass is 35.5. The van der Waals surface area contributed by atoms with Crippen LogP contribution in [-0.4, -0.2) is 52.7 Å². The largest absolute Gasteiger partial charge is 0.335 e. The summed E-state index contributed by atoms with van der Waals surface area (Å²) in [6.45, 7) is 3.66. The third-order valence-electron chi connectivity index (χ3n) is 4.86. The Hall–Kier alpha value is -2.93. The van der Waals surface area contributed by atoms with E-state index in [0.717, 1.165) is 6.42 Å². The maximum absolute atomic E-state index is 12.7. The van der Waals surface area contributed by atoms with Crippen molar-refractivity contribution in [3.05, 3.63) is 74.3 Å². The van der Waals surface area contributed by atoms with Crippen molar-refractivity contribution in [2.24, 2.45) is 0 Å². The number of carbonyl (C=O) groups is 2. The molecule has 1 fully saturated rings. The molecule has 0 N–H and O–H groups in total. The summed E-state index contributed by atoms with van der Waals surface area (Å²) in [5.41, 5.74) is 1.87. The zero-order valence-electron chi connectivity index (χ0n) is 15.4. The molecule has 8 heteroatoms. The molecular formula is C20H20ClN3O4. The van der Waals surface area contributed by atoms with Gasteiger partial charge in [-0.15, -0.1) is 0 Å². The van der Waals surface area contributed by atoms with Gasteiger partial charge in [0.25, 0.3) is 17.5 Å². The lowest BCUT2D eigenvalue weighted by molar-refractivity contribution is -0.384. The van der Waals surface area contributed by atoms with E-state index in [1.54, 1.807) is 9.80 Å². The molecule has 3 rings (SSSR count). The minimum atomic E-state index is -0.558. The van der Waals surface area contributed by atoms with Crippen molar-refractivity contribution >= 4 is 29.1 Å². The zero-order chi connectivity index (χ0) is 20.3. The SMILES string of the molecule is CCc1ccc(C(=O)N2CCN(C(=O)c3ccc([N+](=O)[O-])cc3Cl)CC2)cc1. The van der Waals surface area contributed by atoms with E-state index in [9.17, 15) is 19.7 Å². The predicted molar refractivity (Wildman–Crippen MR) is 106 cm³/mol. The molecule has 0 unspecified atom stereocenters. The number of non-ortho nitro benzene ring substituents is 1. The summed E-state index contributed by atoms with van der Waals surface area (Å²) in [5.74, 6) is -0.345. The number of piperazine rings is 1. The molecule has 0 bridgehead atoms. The number of amides is 2. The fourth-order valence-electron chi connectivity index (χ4n) is 3.14. The zero-order valence-corrected chi connectivity index (χ0v) is 16.2. The normalized spacial score (nSPS) is 14.1. The number of rotatable bonds is 4. The second kappa shape index (κ2) is 8.39. The predicted octanol–water partition coefficient (Wildman–Crippen LogP) is 3.41. The van der Waals surface area contributed by atoms with Crippen LogP contribution < -0.4 is 0 Å². The fourth-order valence-corrected chi connectivity index (χ4v) is 3.40. The van der Waals surface area contributed by atoms with Crippen molar-refractivity contribution in [3.63, 3.8) is 0 Å². The topological polar surface area (TPSA) is 83.8 Å². The van der Waals surface area contributed by atoms with Crippen LogP contribution >= 0.6 is 11.6 Å². The first-order valence-electron chi connectivity index (χ1n) is 9.02. The summed E-state index contributed by atoms with van der Waals surface area (Å²) in [6, 6.07) is 11.4. The van der Waals surface area contributed by atoms with Crippen molar-refractivity contribution in [1.82, 2.24) is 9.80 Å². The highest BCUT2D eigenvalue weighted by Crippen LogP contribution is 2.24. The second-order valence-corrected chi connectivity index (χ2v) is 6.96. The third-order valence-corrected chi connectivity index (χ3v) is 5.17. The lowest BCUT2D eigenvalue weighted by Gasteiger charge is -2.35. The van der Waals surface area contributed by atoms with E-state index in [2.05, 4.69) is 6.92 Å². The first kappa shape index (κ1) is 19.8. The van der Waals surface area contributed by atoms with Gasteiger partial charge in [0, 0.05) is 43.9 Å². The van der Waals surface area contributed by atoms with Gasteiger partial charge < -0.3 is 9.80 Å². The van der Waals surface area contributed by atoms with Gasteiger partial charge in [-0.25, -0.2) is 0 Å². The molecule has 0 spiro atoms. The Morgan fingerprint density at radius 3 is 2.07 bits per heavy atom. The minimum absolute atomic E-state index is 0.0497. The molecule has 1 aliphatic rings. The van der Waals surface area contributed by atoms with Crippen LogP contribution in [0.15, 0.2) is 42.5 Å². The lowest BCUT2D eigenvalue weighted by atomic mass is 10.1. The molecule has 1 saturated heterocycles. The van der Waals surface area contributed by atoms with Crippen LogP contribution in [0.5, 0.6) is 0 Å². The van der Waals surface area contributed by atoms with E-state index in [1.807, 2.05) is 24.3 Å². The summed E-state index contributed by atoms with van der Waals surface area (Å²) in [5, 5.41) is 10.9. The number of carbonyl (C=O) groups excluding carboxylic acids is 2. The van der Waals surface area contributed by atoms with Crippen LogP contribution in [0.1, 0.15) is 33.2 Å². The van der Waals surface area contributed by atoms with Gasteiger partial charge in [-0.3, -0.25) is 19.7 Å². The van der Waals surface area contributed by atoms with Gasteiger partial charge in [0.15, 0.2) is 0 Å². The number of nitro benzene ring substituents is 1. The van der Waals surface area contributed by atoms with Gasteiger partial charge in [-0.05, 0) is 30.2 Å². The third kappa shape index (κ3) is 4.14. The van der Waals surface area contributed by atoms with Crippen LogP contribution in [0, 0.1) is 10.1 Å². The minimum Gasteiger partial charge on any atom is -0.335 e. The van der Waals surface area contributed by atoms with E-state index in [1.165, 1.54) is 23.8 Å². The average molecular weight is 402 g/mol. The maximum Gasteiger partial charge on any atom is 0.270 e. The molecule has 2 amide bonds. The summed E-state index contributed by atoms with van der Waals surface area (Å²) < 4.78 is 0. The number of nitro groups is 1. The molecule has 0 aliphatic carbocycles. The van der Waals surface area contributed by atoms with Crippen LogP contribution in [0.2, 0.25) is 5.02 Å². The summed E-state index contributed by atoms with van der Waals surface area (Å²) >= 11 is 6.05. The Balaban J connectivity index is 1.63. The van der Waals surface area contributed by atoms with Gasteiger partial charge in [0.1, 0.15) is 0 Å². The smallest absolute Gasteiger partial charge is 0.270 e. The quantitative estimate of drug-likeness (QED) is 0.580. The molecule has 1 aliphatic heterocycles. The molecular weight excluding hydrogens is 382 g/mol. The number of halogens is 1. The number of benzene rings is 2. The van der Waals surface area contributed by atoms with Gasteiger partial charge in [-0.2, -0.15) is 0 Å². The molecule has 0 radical (unpaired) electrons. The van der Waals surface area contributed by atoms with Gasteiger partial charge >= 0.3 is 0 Å². The Labute approximate surface area is 167 Å². The average Bonchev–Trinajstić information content (AvgIpc) is 2.72. The van der Waals surface area contributed by atoms with E-state index >= 15 is 0 Å². The fraction of sp³-hybridized carbons (Fsp3) is 0.300. The van der Waals surface area contributed by atoms with Gasteiger partial charge in [0.05, 0.1) is 15.5 Å².